The molecule has 0 spiro atoms. The molecule has 1 heterocycles. The third-order valence-corrected chi connectivity index (χ3v) is 4.82. The zero-order chi connectivity index (χ0) is 12.3. The normalized spacial score (nSPS) is 26.8. The van der Waals surface area contributed by atoms with Gasteiger partial charge in [-0.15, -0.1) is 0 Å². The van der Waals surface area contributed by atoms with Crippen LogP contribution in [-0.2, 0) is 0 Å². The first-order valence-electron chi connectivity index (χ1n) is 7.26. The van der Waals surface area contributed by atoms with Gasteiger partial charge in [0.1, 0.15) is 0 Å². The zero-order valence-corrected chi connectivity index (χ0v) is 11.6. The van der Waals surface area contributed by atoms with E-state index in [-0.39, 0.29) is 0 Å². The van der Waals surface area contributed by atoms with Crippen molar-refractivity contribution in [2.75, 3.05) is 40.3 Å². The minimum absolute atomic E-state index is 0.378. The Kier molecular flexibility index (Phi) is 4.45. The second-order valence-corrected chi connectivity index (χ2v) is 6.33. The molecule has 0 aromatic carbocycles. The first-order valence-corrected chi connectivity index (χ1v) is 7.26. The Morgan fingerprint density at radius 1 is 1.18 bits per heavy atom. The van der Waals surface area contributed by atoms with Crippen LogP contribution >= 0.6 is 0 Å². The van der Waals surface area contributed by atoms with Gasteiger partial charge in [0, 0.05) is 18.6 Å². The molecule has 1 saturated carbocycles. The van der Waals surface area contributed by atoms with Crippen LogP contribution in [0.3, 0.4) is 0 Å². The van der Waals surface area contributed by atoms with Gasteiger partial charge in [-0.1, -0.05) is 12.8 Å². The molecule has 0 aromatic heterocycles. The molecule has 17 heavy (non-hydrogen) atoms. The molecule has 100 valence electrons. The highest BCUT2D eigenvalue weighted by atomic mass is 15.2. The van der Waals surface area contributed by atoms with Gasteiger partial charge in [0.25, 0.3) is 0 Å². The van der Waals surface area contributed by atoms with Gasteiger partial charge >= 0.3 is 0 Å². The lowest BCUT2D eigenvalue weighted by molar-refractivity contribution is 0.0538. The molecular formula is C14H29N3. The fraction of sp³-hybridized carbons (Fsp3) is 1.00. The van der Waals surface area contributed by atoms with Gasteiger partial charge in [0.15, 0.2) is 0 Å². The van der Waals surface area contributed by atoms with E-state index in [0.717, 1.165) is 12.5 Å². The number of hydrogen-bond acceptors (Lipinski definition) is 3. The molecule has 1 aliphatic carbocycles. The lowest BCUT2D eigenvalue weighted by atomic mass is 9.89. The second-order valence-electron chi connectivity index (χ2n) is 6.33. The van der Waals surface area contributed by atoms with E-state index in [9.17, 15) is 0 Å². The van der Waals surface area contributed by atoms with Gasteiger partial charge in [-0.05, 0) is 58.8 Å². The van der Waals surface area contributed by atoms with E-state index in [1.807, 2.05) is 0 Å². The minimum Gasteiger partial charge on any atom is -0.329 e. The van der Waals surface area contributed by atoms with E-state index in [0.29, 0.717) is 5.54 Å². The quantitative estimate of drug-likeness (QED) is 0.807. The van der Waals surface area contributed by atoms with Crippen LogP contribution in [0.4, 0.5) is 0 Å². The van der Waals surface area contributed by atoms with Crippen molar-refractivity contribution in [3.05, 3.63) is 0 Å². The summed E-state index contributed by atoms with van der Waals surface area (Å²) in [5, 5.41) is 0. The molecule has 0 bridgehead atoms. The highest BCUT2D eigenvalue weighted by molar-refractivity contribution is 4.97. The fourth-order valence-corrected chi connectivity index (χ4v) is 3.79. The van der Waals surface area contributed by atoms with Crippen molar-refractivity contribution in [2.24, 2.45) is 11.7 Å². The third kappa shape index (κ3) is 3.01. The average molecular weight is 239 g/mol. The van der Waals surface area contributed by atoms with Gasteiger partial charge < -0.3 is 10.6 Å². The highest BCUT2D eigenvalue weighted by Gasteiger charge is 2.39. The van der Waals surface area contributed by atoms with E-state index in [2.05, 4.69) is 23.9 Å². The van der Waals surface area contributed by atoms with E-state index in [1.54, 1.807) is 0 Å². The number of nitrogens with two attached hydrogens (primary N) is 1. The van der Waals surface area contributed by atoms with Crippen molar-refractivity contribution in [3.63, 3.8) is 0 Å². The van der Waals surface area contributed by atoms with Crippen LogP contribution in [-0.4, -0.2) is 55.6 Å². The summed E-state index contributed by atoms with van der Waals surface area (Å²) in [5.41, 5.74) is 6.44. The first kappa shape index (κ1) is 13.3. The smallest absolute Gasteiger partial charge is 0.0331 e. The van der Waals surface area contributed by atoms with E-state index >= 15 is 0 Å². The van der Waals surface area contributed by atoms with Crippen molar-refractivity contribution >= 4 is 0 Å². The standard InChI is InChI=1S/C14H29N3/c1-16(2)11-13-5-9-17(10-6-13)14(12-15)7-3-4-8-14/h13H,3-12,15H2,1-2H3. The molecule has 3 nitrogen and oxygen atoms in total. The van der Waals surface area contributed by atoms with Crippen LogP contribution in [0.1, 0.15) is 38.5 Å². The lowest BCUT2D eigenvalue weighted by Crippen LogP contribution is -2.55. The van der Waals surface area contributed by atoms with Crippen LogP contribution < -0.4 is 5.73 Å². The Morgan fingerprint density at radius 3 is 2.24 bits per heavy atom. The molecule has 3 heteroatoms. The maximum absolute atomic E-state index is 6.07. The fourth-order valence-electron chi connectivity index (χ4n) is 3.79. The summed E-state index contributed by atoms with van der Waals surface area (Å²) >= 11 is 0. The van der Waals surface area contributed by atoms with E-state index in [1.165, 1.54) is 58.2 Å². The summed E-state index contributed by atoms with van der Waals surface area (Å²) in [5.74, 6) is 0.900. The minimum atomic E-state index is 0.378. The van der Waals surface area contributed by atoms with Gasteiger partial charge in [-0.25, -0.2) is 0 Å². The molecule has 0 amide bonds. The molecule has 0 aromatic rings. The summed E-state index contributed by atoms with van der Waals surface area (Å²) in [7, 11) is 4.37. The molecule has 0 unspecified atom stereocenters. The highest BCUT2D eigenvalue weighted by Crippen LogP contribution is 2.36. The van der Waals surface area contributed by atoms with Crippen LogP contribution in [0.15, 0.2) is 0 Å². The predicted molar refractivity (Wildman–Crippen MR) is 73.1 cm³/mol. The molecule has 2 aliphatic rings. The number of likely N-dealkylation sites (tertiary alicyclic amines) is 1. The molecule has 1 saturated heterocycles. The Hall–Kier alpha value is -0.120. The lowest BCUT2D eigenvalue weighted by Gasteiger charge is -2.45. The molecule has 2 N–H and O–H groups in total. The third-order valence-electron chi connectivity index (χ3n) is 4.82. The number of piperidine rings is 1. The number of nitrogens with zero attached hydrogens (tertiary/aromatic N) is 2. The Bertz CT molecular complexity index is 226. The van der Waals surface area contributed by atoms with Gasteiger partial charge in [-0.3, -0.25) is 4.90 Å². The summed E-state index contributed by atoms with van der Waals surface area (Å²) < 4.78 is 0. The van der Waals surface area contributed by atoms with Gasteiger partial charge in [-0.2, -0.15) is 0 Å². The Morgan fingerprint density at radius 2 is 1.76 bits per heavy atom. The molecule has 0 radical (unpaired) electrons. The van der Waals surface area contributed by atoms with E-state index < -0.39 is 0 Å². The van der Waals surface area contributed by atoms with Crippen LogP contribution in [0.25, 0.3) is 0 Å². The Balaban J connectivity index is 1.85. The van der Waals surface area contributed by atoms with Gasteiger partial charge in [0.2, 0.25) is 0 Å². The predicted octanol–water partition coefficient (Wildman–Crippen LogP) is 1.53. The monoisotopic (exact) mass is 239 g/mol. The van der Waals surface area contributed by atoms with Crippen molar-refractivity contribution in [1.29, 1.82) is 0 Å². The maximum atomic E-state index is 6.07. The Labute approximate surface area is 106 Å². The molecule has 0 atom stereocenters. The molecule has 1 aliphatic heterocycles. The second kappa shape index (κ2) is 5.68. The topological polar surface area (TPSA) is 32.5 Å². The molecule has 2 fully saturated rings. The number of hydrogen-bond donors (Lipinski definition) is 1. The first-order chi connectivity index (χ1) is 8.16. The van der Waals surface area contributed by atoms with Crippen LogP contribution in [0.5, 0.6) is 0 Å². The van der Waals surface area contributed by atoms with Crippen molar-refractivity contribution in [2.45, 2.75) is 44.1 Å². The summed E-state index contributed by atoms with van der Waals surface area (Å²) in [6, 6.07) is 0. The summed E-state index contributed by atoms with van der Waals surface area (Å²) in [6.07, 6.45) is 8.16. The van der Waals surface area contributed by atoms with E-state index in [4.69, 9.17) is 5.73 Å². The van der Waals surface area contributed by atoms with Gasteiger partial charge in [0.05, 0.1) is 0 Å². The SMILES string of the molecule is CN(C)CC1CCN(C2(CN)CCCC2)CC1. The largest absolute Gasteiger partial charge is 0.329 e. The molecular weight excluding hydrogens is 210 g/mol. The van der Waals surface area contributed by atoms with Crippen molar-refractivity contribution in [1.82, 2.24) is 9.80 Å². The maximum Gasteiger partial charge on any atom is 0.0331 e. The van der Waals surface area contributed by atoms with Crippen molar-refractivity contribution < 1.29 is 0 Å². The molecule has 2 rings (SSSR count). The van der Waals surface area contributed by atoms with Crippen molar-refractivity contribution in [3.8, 4) is 0 Å². The van der Waals surface area contributed by atoms with Crippen LogP contribution in [0, 0.1) is 5.92 Å². The summed E-state index contributed by atoms with van der Waals surface area (Å²) in [6.45, 7) is 4.67. The summed E-state index contributed by atoms with van der Waals surface area (Å²) in [4.78, 5) is 5.04. The average Bonchev–Trinajstić information content (AvgIpc) is 2.79. The zero-order valence-electron chi connectivity index (χ0n) is 11.6. The number of rotatable bonds is 4. The van der Waals surface area contributed by atoms with Crippen LogP contribution in [0.2, 0.25) is 0 Å².